The molecule has 12 heavy (non-hydrogen) atoms. The lowest BCUT2D eigenvalue weighted by Gasteiger charge is -2.11. The average molecular weight is 172 g/mol. The molecule has 0 amide bonds. The van der Waals surface area contributed by atoms with Crippen LogP contribution in [0, 0.1) is 0 Å². The molecule has 0 radical (unpaired) electrons. The maximum Gasteiger partial charge on any atom is 0.00792 e. The minimum absolute atomic E-state index is 0.665. The summed E-state index contributed by atoms with van der Waals surface area (Å²) < 4.78 is 0. The highest BCUT2D eigenvalue weighted by Crippen LogP contribution is 1.85. The van der Waals surface area contributed by atoms with E-state index in [9.17, 15) is 0 Å². The largest absolute Gasteiger partial charge is 0.315 e. The Kier molecular flexibility index (Phi) is 8.95. The number of hydrogen-bond acceptors (Lipinski definition) is 2. The fourth-order valence-corrected chi connectivity index (χ4v) is 0.978. The molecule has 0 aliphatic carbocycles. The highest BCUT2D eigenvalue weighted by molar-refractivity contribution is 4.58. The van der Waals surface area contributed by atoms with Gasteiger partial charge < -0.3 is 10.6 Å². The van der Waals surface area contributed by atoms with E-state index in [0.29, 0.717) is 6.04 Å². The molecule has 2 N–H and O–H groups in total. The molecule has 0 aromatic heterocycles. The average Bonchev–Trinajstić information content (AvgIpc) is 2.10. The van der Waals surface area contributed by atoms with Crippen molar-refractivity contribution in [2.45, 2.75) is 46.1 Å². The second-order valence-electron chi connectivity index (χ2n) is 3.37. The molecule has 0 unspecified atom stereocenters. The predicted molar refractivity (Wildman–Crippen MR) is 55.5 cm³/mol. The molecule has 0 heterocycles. The quantitative estimate of drug-likeness (QED) is 0.545. The van der Waals surface area contributed by atoms with Gasteiger partial charge in [0.25, 0.3) is 0 Å². The minimum Gasteiger partial charge on any atom is -0.315 e. The highest BCUT2D eigenvalue weighted by Gasteiger charge is 1.94. The first kappa shape index (κ1) is 11.9. The molecule has 74 valence electrons. The van der Waals surface area contributed by atoms with Crippen molar-refractivity contribution in [3.8, 4) is 0 Å². The summed E-state index contributed by atoms with van der Waals surface area (Å²) in [4.78, 5) is 0. The van der Waals surface area contributed by atoms with Gasteiger partial charge in [0, 0.05) is 19.1 Å². The fourth-order valence-electron chi connectivity index (χ4n) is 0.978. The Morgan fingerprint density at radius 2 is 1.83 bits per heavy atom. The maximum absolute atomic E-state index is 3.45. The summed E-state index contributed by atoms with van der Waals surface area (Å²) in [7, 11) is 0. The third-order valence-corrected chi connectivity index (χ3v) is 2.11. The van der Waals surface area contributed by atoms with Crippen LogP contribution in [0.3, 0.4) is 0 Å². The van der Waals surface area contributed by atoms with Crippen LogP contribution in [0.2, 0.25) is 0 Å². The zero-order valence-electron chi connectivity index (χ0n) is 8.82. The van der Waals surface area contributed by atoms with E-state index in [2.05, 4.69) is 31.4 Å². The summed E-state index contributed by atoms with van der Waals surface area (Å²) in [5.41, 5.74) is 0. The molecular weight excluding hydrogens is 148 g/mol. The van der Waals surface area contributed by atoms with Gasteiger partial charge in [-0.2, -0.15) is 0 Å². The Labute approximate surface area is 77.1 Å². The van der Waals surface area contributed by atoms with E-state index in [1.54, 1.807) is 0 Å². The first-order valence-electron chi connectivity index (χ1n) is 5.25. The van der Waals surface area contributed by atoms with Gasteiger partial charge in [-0.3, -0.25) is 0 Å². The van der Waals surface area contributed by atoms with Gasteiger partial charge >= 0.3 is 0 Å². The van der Waals surface area contributed by atoms with Gasteiger partial charge in [0.15, 0.2) is 0 Å². The summed E-state index contributed by atoms with van der Waals surface area (Å²) in [6, 6.07) is 0.665. The van der Waals surface area contributed by atoms with Crippen LogP contribution in [0.25, 0.3) is 0 Å². The van der Waals surface area contributed by atoms with Crippen molar-refractivity contribution in [2.75, 3.05) is 19.6 Å². The molecular formula is C10H24N2. The van der Waals surface area contributed by atoms with Crippen molar-refractivity contribution in [1.82, 2.24) is 10.6 Å². The van der Waals surface area contributed by atoms with Crippen LogP contribution in [0.5, 0.6) is 0 Å². The Morgan fingerprint density at radius 1 is 1.08 bits per heavy atom. The SMILES string of the molecule is CCCCNCCN[C@H](C)CC. The van der Waals surface area contributed by atoms with Gasteiger partial charge in [0.2, 0.25) is 0 Å². The maximum atomic E-state index is 3.45. The summed E-state index contributed by atoms with van der Waals surface area (Å²) >= 11 is 0. The summed E-state index contributed by atoms with van der Waals surface area (Å²) in [5, 5.41) is 6.85. The van der Waals surface area contributed by atoms with E-state index in [-0.39, 0.29) is 0 Å². The molecule has 1 atom stereocenters. The number of nitrogens with one attached hydrogen (secondary N) is 2. The molecule has 0 saturated carbocycles. The fraction of sp³-hybridized carbons (Fsp3) is 1.00. The molecule has 0 aliphatic rings. The van der Waals surface area contributed by atoms with Gasteiger partial charge in [-0.1, -0.05) is 20.3 Å². The molecule has 0 saturated heterocycles. The Balaban J connectivity index is 2.90. The van der Waals surface area contributed by atoms with Gasteiger partial charge in [0.05, 0.1) is 0 Å². The van der Waals surface area contributed by atoms with E-state index < -0.39 is 0 Å². The summed E-state index contributed by atoms with van der Waals surface area (Å²) in [6.07, 6.45) is 3.80. The molecule has 0 fully saturated rings. The van der Waals surface area contributed by atoms with Crippen molar-refractivity contribution in [3.05, 3.63) is 0 Å². The van der Waals surface area contributed by atoms with Crippen LogP contribution >= 0.6 is 0 Å². The normalized spacial score (nSPS) is 13.2. The van der Waals surface area contributed by atoms with Crippen molar-refractivity contribution >= 4 is 0 Å². The molecule has 0 aliphatic heterocycles. The van der Waals surface area contributed by atoms with Gasteiger partial charge in [-0.05, 0) is 26.3 Å². The number of hydrogen-bond donors (Lipinski definition) is 2. The number of unbranched alkanes of at least 4 members (excludes halogenated alkanes) is 1. The molecule has 0 rings (SSSR count). The molecule has 0 aromatic rings. The standard InChI is InChI=1S/C10H24N2/c1-4-6-7-11-8-9-12-10(3)5-2/h10-12H,4-9H2,1-3H3/t10-/m1/s1. The summed E-state index contributed by atoms with van der Waals surface area (Å²) in [6.45, 7) is 10.0. The number of rotatable bonds is 8. The minimum atomic E-state index is 0.665. The van der Waals surface area contributed by atoms with Crippen molar-refractivity contribution < 1.29 is 0 Å². The van der Waals surface area contributed by atoms with Crippen LogP contribution in [0.4, 0.5) is 0 Å². The zero-order chi connectivity index (χ0) is 9.23. The lowest BCUT2D eigenvalue weighted by atomic mass is 10.2. The third kappa shape index (κ3) is 8.02. The molecule has 2 heteroatoms. The predicted octanol–water partition coefficient (Wildman–Crippen LogP) is 1.76. The van der Waals surface area contributed by atoms with E-state index in [0.717, 1.165) is 13.1 Å². The van der Waals surface area contributed by atoms with Gasteiger partial charge in [-0.15, -0.1) is 0 Å². The Morgan fingerprint density at radius 3 is 2.42 bits per heavy atom. The van der Waals surface area contributed by atoms with Gasteiger partial charge in [0.1, 0.15) is 0 Å². The monoisotopic (exact) mass is 172 g/mol. The molecule has 2 nitrogen and oxygen atoms in total. The lowest BCUT2D eigenvalue weighted by molar-refractivity contribution is 0.514. The van der Waals surface area contributed by atoms with E-state index >= 15 is 0 Å². The highest BCUT2D eigenvalue weighted by atomic mass is 15.0. The molecule has 0 spiro atoms. The first-order valence-corrected chi connectivity index (χ1v) is 5.25. The topological polar surface area (TPSA) is 24.1 Å². The van der Waals surface area contributed by atoms with E-state index in [4.69, 9.17) is 0 Å². The van der Waals surface area contributed by atoms with Crippen LogP contribution in [0.15, 0.2) is 0 Å². The zero-order valence-corrected chi connectivity index (χ0v) is 8.82. The molecule has 0 bridgehead atoms. The van der Waals surface area contributed by atoms with Crippen molar-refractivity contribution in [1.29, 1.82) is 0 Å². The second kappa shape index (κ2) is 9.01. The van der Waals surface area contributed by atoms with Crippen LogP contribution < -0.4 is 10.6 Å². The van der Waals surface area contributed by atoms with Crippen LogP contribution in [-0.4, -0.2) is 25.7 Å². The Hall–Kier alpha value is -0.0800. The smallest absolute Gasteiger partial charge is 0.00792 e. The van der Waals surface area contributed by atoms with Gasteiger partial charge in [-0.25, -0.2) is 0 Å². The first-order chi connectivity index (χ1) is 5.81. The van der Waals surface area contributed by atoms with Crippen LogP contribution in [-0.2, 0) is 0 Å². The Bertz CT molecular complexity index is 83.9. The van der Waals surface area contributed by atoms with Crippen molar-refractivity contribution in [2.24, 2.45) is 0 Å². The van der Waals surface area contributed by atoms with Crippen LogP contribution in [0.1, 0.15) is 40.0 Å². The second-order valence-corrected chi connectivity index (χ2v) is 3.37. The third-order valence-electron chi connectivity index (χ3n) is 2.11. The summed E-state index contributed by atoms with van der Waals surface area (Å²) in [5.74, 6) is 0. The van der Waals surface area contributed by atoms with E-state index in [1.807, 2.05) is 0 Å². The van der Waals surface area contributed by atoms with E-state index in [1.165, 1.54) is 25.8 Å². The lowest BCUT2D eigenvalue weighted by Crippen LogP contribution is -2.33. The van der Waals surface area contributed by atoms with Crippen molar-refractivity contribution in [3.63, 3.8) is 0 Å². The molecule has 0 aromatic carbocycles.